The fourth-order valence-corrected chi connectivity index (χ4v) is 0. The van der Waals surface area contributed by atoms with Crippen LogP contribution >= 0.6 is 0 Å². The average Bonchev–Trinajstić information content (AvgIpc) is 1.36. The van der Waals surface area contributed by atoms with E-state index in [9.17, 15) is 0 Å². The molecule has 0 aliphatic heterocycles. The summed E-state index contributed by atoms with van der Waals surface area (Å²) in [5, 5.41) is 17.9. The van der Waals surface area contributed by atoms with E-state index >= 15 is 0 Å². The maximum absolute atomic E-state index is 8.93. The van der Waals surface area contributed by atoms with Gasteiger partial charge in [0.1, 0.15) is 0 Å². The van der Waals surface area contributed by atoms with Crippen molar-refractivity contribution in [1.82, 2.24) is 0 Å². The number of hydrogen-bond donors (Lipinski definition) is 0. The van der Waals surface area contributed by atoms with Gasteiger partial charge in [-0.2, -0.15) is 0 Å². The topological polar surface area (TPSA) is 80.3 Å². The number of aliphatic carboxylic acids is 2. The van der Waals surface area contributed by atoms with Gasteiger partial charge < -0.3 is 19.8 Å². The Morgan fingerprint density at radius 3 is 1.12 bits per heavy atom. The summed E-state index contributed by atoms with van der Waals surface area (Å²) in [4.78, 5) is 17.9. The van der Waals surface area contributed by atoms with Crippen molar-refractivity contribution in [3.05, 3.63) is 0 Å². The van der Waals surface area contributed by atoms with Crippen LogP contribution in [0.25, 0.3) is 0 Å². The maximum Gasteiger partial charge on any atom is 3.00 e. The molecule has 0 aromatic rings. The van der Waals surface area contributed by atoms with Gasteiger partial charge in [-0.1, -0.05) is 0 Å². The van der Waals surface area contributed by atoms with Crippen molar-refractivity contribution in [1.29, 1.82) is 0 Å². The maximum atomic E-state index is 8.93. The van der Waals surface area contributed by atoms with Crippen LogP contribution in [0.3, 0.4) is 0 Å². The average molecular weight is 183 g/mol. The number of carboxylic acid groups (broad SMARTS) is 2. The summed E-state index contributed by atoms with van der Waals surface area (Å²) in [5.74, 6) is -4.37. The molecular formula is C2FeKO4+2. The van der Waals surface area contributed by atoms with Crippen LogP contribution in [0, 0.1) is 0 Å². The molecule has 0 bridgehead atoms. The van der Waals surface area contributed by atoms with Gasteiger partial charge in [-0.3, -0.25) is 0 Å². The smallest absolute Gasteiger partial charge is 0.543 e. The first kappa shape index (κ1) is 16.0. The Balaban J connectivity index is -0.000000125. The third kappa shape index (κ3) is 10.2. The Bertz CT molecular complexity index is 80.0. The summed E-state index contributed by atoms with van der Waals surface area (Å²) in [6, 6.07) is 0. The molecule has 0 amide bonds. The van der Waals surface area contributed by atoms with Gasteiger partial charge in [0.2, 0.25) is 0 Å². The standard InChI is InChI=1S/C2H2O4.Fe.K/c3-1(4)2(5)6;;/h(H,3,4)(H,5,6);;/q;+3;+1/p-2. The Morgan fingerprint density at radius 2 is 1.12 bits per heavy atom. The molecule has 0 aromatic heterocycles. The molecule has 0 spiro atoms. The first-order valence-electron chi connectivity index (χ1n) is 1.07. The molecule has 0 heterocycles. The molecule has 0 rings (SSSR count). The molecule has 1 radical (unpaired) electrons. The van der Waals surface area contributed by atoms with E-state index in [1.165, 1.54) is 0 Å². The molecule has 0 saturated carbocycles. The van der Waals surface area contributed by atoms with E-state index < -0.39 is 11.9 Å². The van der Waals surface area contributed by atoms with E-state index in [2.05, 4.69) is 0 Å². The summed E-state index contributed by atoms with van der Waals surface area (Å²) >= 11 is 0. The van der Waals surface area contributed by atoms with Crippen molar-refractivity contribution in [3.8, 4) is 0 Å². The fraction of sp³-hybridized carbons (Fsp3) is 0. The van der Waals surface area contributed by atoms with Gasteiger partial charge in [-0.15, -0.1) is 0 Å². The van der Waals surface area contributed by atoms with Gasteiger partial charge in [0, 0.05) is 0 Å². The number of rotatable bonds is 0. The molecule has 0 aliphatic rings. The van der Waals surface area contributed by atoms with E-state index in [0.29, 0.717) is 0 Å². The van der Waals surface area contributed by atoms with Gasteiger partial charge in [0.05, 0.1) is 11.9 Å². The van der Waals surface area contributed by atoms with E-state index in [1.807, 2.05) is 0 Å². The Morgan fingerprint density at radius 1 is 1.00 bits per heavy atom. The number of carboxylic acids is 2. The Hall–Kier alpha value is 1.10. The van der Waals surface area contributed by atoms with E-state index in [4.69, 9.17) is 19.8 Å². The third-order valence-electron chi connectivity index (χ3n) is 0.167. The van der Waals surface area contributed by atoms with Gasteiger partial charge in [0.25, 0.3) is 0 Å². The molecule has 0 saturated heterocycles. The second-order valence-corrected chi connectivity index (χ2v) is 0.575. The van der Waals surface area contributed by atoms with Crippen LogP contribution in [0.2, 0.25) is 0 Å². The van der Waals surface area contributed by atoms with Gasteiger partial charge >= 0.3 is 68.5 Å². The minimum atomic E-state index is -2.19. The Kier molecular flexibility index (Phi) is 16.2. The predicted molar refractivity (Wildman–Crippen MR) is 10.0 cm³/mol. The number of hydrogen-bond acceptors (Lipinski definition) is 4. The molecule has 0 N–H and O–H groups in total. The fourth-order valence-electron chi connectivity index (χ4n) is 0. The minimum absolute atomic E-state index is 0. The number of carbonyl (C=O) groups is 2. The molecule has 0 atom stereocenters. The third-order valence-corrected chi connectivity index (χ3v) is 0.167. The predicted octanol–water partition coefficient (Wildman–Crippen LogP) is -6.51. The molecule has 39 valence electrons. The van der Waals surface area contributed by atoms with Gasteiger partial charge in [0.15, 0.2) is 0 Å². The zero-order chi connectivity index (χ0) is 5.15. The monoisotopic (exact) mass is 183 g/mol. The van der Waals surface area contributed by atoms with E-state index in [-0.39, 0.29) is 68.5 Å². The summed E-state index contributed by atoms with van der Waals surface area (Å²) in [6.07, 6.45) is 0. The normalized spacial score (nSPS) is 5.50. The van der Waals surface area contributed by atoms with Crippen LogP contribution in [0.5, 0.6) is 0 Å². The molecule has 0 unspecified atom stereocenters. The first-order chi connectivity index (χ1) is 2.64. The largest absolute Gasteiger partial charge is 3.00 e. The molecule has 8 heavy (non-hydrogen) atoms. The number of carbonyl (C=O) groups excluding carboxylic acids is 2. The minimum Gasteiger partial charge on any atom is -0.543 e. The molecule has 0 aromatic carbocycles. The van der Waals surface area contributed by atoms with Crippen LogP contribution in [0.15, 0.2) is 0 Å². The van der Waals surface area contributed by atoms with Crippen LogP contribution in [0.4, 0.5) is 0 Å². The van der Waals surface area contributed by atoms with Gasteiger partial charge in [-0.05, 0) is 0 Å². The molecule has 4 nitrogen and oxygen atoms in total. The van der Waals surface area contributed by atoms with Crippen molar-refractivity contribution in [2.24, 2.45) is 0 Å². The van der Waals surface area contributed by atoms with Crippen molar-refractivity contribution in [2.45, 2.75) is 0 Å². The van der Waals surface area contributed by atoms with Crippen LogP contribution in [-0.2, 0) is 26.7 Å². The molecular weight excluding hydrogens is 183 g/mol. The van der Waals surface area contributed by atoms with E-state index in [0.717, 1.165) is 0 Å². The summed E-state index contributed by atoms with van der Waals surface area (Å²) in [5.41, 5.74) is 0. The molecule has 0 fully saturated rings. The first-order valence-corrected chi connectivity index (χ1v) is 1.07. The molecule has 0 aliphatic carbocycles. The van der Waals surface area contributed by atoms with E-state index in [1.54, 1.807) is 0 Å². The summed E-state index contributed by atoms with van der Waals surface area (Å²) < 4.78 is 0. The van der Waals surface area contributed by atoms with Crippen molar-refractivity contribution < 1.29 is 88.3 Å². The van der Waals surface area contributed by atoms with Crippen molar-refractivity contribution >= 4 is 11.9 Å². The zero-order valence-corrected chi connectivity index (χ0v) is 8.21. The Labute approximate surface area is 98.5 Å². The molecule has 6 heteroatoms. The summed E-state index contributed by atoms with van der Waals surface area (Å²) in [7, 11) is 0. The SMILES string of the molecule is O=C([O-])C(=O)[O-].[Fe+3].[K+]. The van der Waals surface area contributed by atoms with Crippen molar-refractivity contribution in [3.63, 3.8) is 0 Å². The van der Waals surface area contributed by atoms with Gasteiger partial charge in [-0.25, -0.2) is 0 Å². The zero-order valence-electron chi connectivity index (χ0n) is 3.99. The summed E-state index contributed by atoms with van der Waals surface area (Å²) in [6.45, 7) is 0. The van der Waals surface area contributed by atoms with Crippen molar-refractivity contribution in [2.75, 3.05) is 0 Å². The van der Waals surface area contributed by atoms with Crippen LogP contribution < -0.4 is 61.6 Å². The second-order valence-electron chi connectivity index (χ2n) is 0.575. The van der Waals surface area contributed by atoms with Crippen LogP contribution in [0.1, 0.15) is 0 Å². The quantitative estimate of drug-likeness (QED) is 0.276. The second kappa shape index (κ2) is 8.10. The van der Waals surface area contributed by atoms with Crippen LogP contribution in [-0.4, -0.2) is 11.9 Å².